The van der Waals surface area contributed by atoms with Gasteiger partial charge in [-0.1, -0.05) is 38.1 Å². The van der Waals surface area contributed by atoms with Crippen LogP contribution < -0.4 is 5.32 Å². The highest BCUT2D eigenvalue weighted by atomic mass is 32.2. The molecule has 10 heteroatoms. The average molecular weight is 429 g/mol. The van der Waals surface area contributed by atoms with Gasteiger partial charge in [0.1, 0.15) is 6.54 Å². The van der Waals surface area contributed by atoms with E-state index in [9.17, 15) is 13.2 Å². The summed E-state index contributed by atoms with van der Waals surface area (Å²) in [6.45, 7) is 6.21. The number of hydrogen-bond acceptors (Lipinski definition) is 6. The molecule has 0 aliphatic carbocycles. The second kappa shape index (κ2) is 9.14. The number of rotatable bonds is 8. The van der Waals surface area contributed by atoms with Crippen molar-refractivity contribution < 1.29 is 13.2 Å². The monoisotopic (exact) mass is 428 g/mol. The minimum Gasteiger partial charge on any atom is -0.324 e. The molecule has 0 aliphatic rings. The molecule has 1 heterocycles. The van der Waals surface area contributed by atoms with Crippen molar-refractivity contribution in [2.45, 2.75) is 32.2 Å². The van der Waals surface area contributed by atoms with Gasteiger partial charge in [-0.15, -0.1) is 10.2 Å². The maximum atomic E-state index is 12.5. The molecule has 0 fully saturated rings. The zero-order chi connectivity index (χ0) is 21.7. The molecule has 0 radical (unpaired) electrons. The minimum absolute atomic E-state index is 0.113. The number of carbonyl (C=O) groups is 1. The lowest BCUT2D eigenvalue weighted by molar-refractivity contribution is -0.117. The third-order valence-corrected chi connectivity index (χ3v) is 6.67. The molecule has 0 saturated carbocycles. The Morgan fingerprint density at radius 1 is 1.07 bits per heavy atom. The normalized spacial score (nSPS) is 11.6. The Bertz CT molecular complexity index is 1120. The summed E-state index contributed by atoms with van der Waals surface area (Å²) in [5, 5.41) is 14.9. The van der Waals surface area contributed by atoms with Crippen LogP contribution in [-0.4, -0.2) is 51.9 Å². The lowest BCUT2D eigenvalue weighted by atomic mass is 10.1. The SMILES string of the molecule is CCN(CC)S(=O)(=O)c1ccc(NC(=O)Cn2nnc(-c3ccccc3C)n2)cc1. The highest BCUT2D eigenvalue weighted by Gasteiger charge is 2.21. The molecule has 1 amide bonds. The minimum atomic E-state index is -3.53. The molecule has 3 rings (SSSR count). The van der Waals surface area contributed by atoms with E-state index in [4.69, 9.17) is 0 Å². The van der Waals surface area contributed by atoms with Crippen molar-refractivity contribution in [1.29, 1.82) is 0 Å². The van der Waals surface area contributed by atoms with E-state index in [1.54, 1.807) is 26.0 Å². The molecule has 1 N–H and O–H groups in total. The fraction of sp³-hybridized carbons (Fsp3) is 0.300. The first-order valence-corrected chi connectivity index (χ1v) is 11.0. The summed E-state index contributed by atoms with van der Waals surface area (Å²) in [5.41, 5.74) is 2.35. The molecule has 3 aromatic rings. The average Bonchev–Trinajstić information content (AvgIpc) is 3.17. The number of tetrazole rings is 1. The van der Waals surface area contributed by atoms with Crippen molar-refractivity contribution in [3.05, 3.63) is 54.1 Å². The number of amides is 1. The van der Waals surface area contributed by atoms with Gasteiger partial charge < -0.3 is 5.32 Å². The molecule has 2 aromatic carbocycles. The number of anilines is 1. The summed E-state index contributed by atoms with van der Waals surface area (Å²) in [5.74, 6) is 0.106. The van der Waals surface area contributed by atoms with Crippen LogP contribution in [0.25, 0.3) is 11.4 Å². The Morgan fingerprint density at radius 3 is 2.37 bits per heavy atom. The van der Waals surface area contributed by atoms with E-state index < -0.39 is 10.0 Å². The molecule has 0 unspecified atom stereocenters. The Hall–Kier alpha value is -3.11. The van der Waals surface area contributed by atoms with Crippen molar-refractivity contribution in [2.24, 2.45) is 0 Å². The van der Waals surface area contributed by atoms with Gasteiger partial charge in [0.15, 0.2) is 0 Å². The van der Waals surface area contributed by atoms with Crippen LogP contribution in [0.3, 0.4) is 0 Å². The zero-order valence-electron chi connectivity index (χ0n) is 17.1. The van der Waals surface area contributed by atoms with Gasteiger partial charge in [-0.3, -0.25) is 4.79 Å². The van der Waals surface area contributed by atoms with E-state index >= 15 is 0 Å². The molecular weight excluding hydrogens is 404 g/mol. The fourth-order valence-corrected chi connectivity index (χ4v) is 4.45. The number of carbonyl (C=O) groups excluding carboxylic acids is 1. The Morgan fingerprint density at radius 2 is 1.73 bits per heavy atom. The predicted molar refractivity (Wildman–Crippen MR) is 113 cm³/mol. The van der Waals surface area contributed by atoms with Crippen molar-refractivity contribution in [2.75, 3.05) is 18.4 Å². The summed E-state index contributed by atoms with van der Waals surface area (Å²) in [7, 11) is -3.53. The highest BCUT2D eigenvalue weighted by molar-refractivity contribution is 7.89. The number of aryl methyl sites for hydroxylation is 1. The van der Waals surface area contributed by atoms with E-state index in [0.29, 0.717) is 24.6 Å². The van der Waals surface area contributed by atoms with Gasteiger partial charge in [-0.05, 0) is 42.0 Å². The third kappa shape index (κ3) is 4.71. The van der Waals surface area contributed by atoms with Gasteiger partial charge in [-0.25, -0.2) is 8.42 Å². The molecule has 1 aromatic heterocycles. The number of nitrogens with zero attached hydrogens (tertiary/aromatic N) is 5. The van der Waals surface area contributed by atoms with Crippen molar-refractivity contribution in [1.82, 2.24) is 24.5 Å². The van der Waals surface area contributed by atoms with Crippen LogP contribution in [0.5, 0.6) is 0 Å². The van der Waals surface area contributed by atoms with E-state index in [1.165, 1.54) is 21.2 Å². The lowest BCUT2D eigenvalue weighted by Crippen LogP contribution is -2.30. The summed E-state index contributed by atoms with van der Waals surface area (Å²) in [6.07, 6.45) is 0. The van der Waals surface area contributed by atoms with Crippen LogP contribution in [0, 0.1) is 6.92 Å². The highest BCUT2D eigenvalue weighted by Crippen LogP contribution is 2.19. The van der Waals surface area contributed by atoms with Crippen LogP contribution in [-0.2, 0) is 21.4 Å². The van der Waals surface area contributed by atoms with Crippen molar-refractivity contribution >= 4 is 21.6 Å². The number of sulfonamides is 1. The largest absolute Gasteiger partial charge is 0.324 e. The molecule has 30 heavy (non-hydrogen) atoms. The summed E-state index contributed by atoms with van der Waals surface area (Å²) in [6, 6.07) is 13.7. The van der Waals surface area contributed by atoms with Crippen LogP contribution in [0.1, 0.15) is 19.4 Å². The van der Waals surface area contributed by atoms with Crippen LogP contribution in [0.2, 0.25) is 0 Å². The molecular formula is C20H24N6O3S. The first-order valence-electron chi connectivity index (χ1n) is 9.59. The van der Waals surface area contributed by atoms with Gasteiger partial charge in [0, 0.05) is 24.3 Å². The zero-order valence-corrected chi connectivity index (χ0v) is 17.9. The topological polar surface area (TPSA) is 110 Å². The van der Waals surface area contributed by atoms with Crippen LogP contribution in [0.15, 0.2) is 53.4 Å². The van der Waals surface area contributed by atoms with E-state index in [-0.39, 0.29) is 17.3 Å². The summed E-state index contributed by atoms with van der Waals surface area (Å²) >= 11 is 0. The van der Waals surface area contributed by atoms with Gasteiger partial charge in [-0.2, -0.15) is 9.10 Å². The van der Waals surface area contributed by atoms with Crippen molar-refractivity contribution in [3.63, 3.8) is 0 Å². The van der Waals surface area contributed by atoms with E-state index in [2.05, 4.69) is 20.7 Å². The first kappa shape index (κ1) is 21.6. The van der Waals surface area contributed by atoms with Gasteiger partial charge in [0.2, 0.25) is 21.8 Å². The second-order valence-electron chi connectivity index (χ2n) is 6.62. The second-order valence-corrected chi connectivity index (χ2v) is 8.56. The lowest BCUT2D eigenvalue weighted by Gasteiger charge is -2.18. The number of hydrogen-bond donors (Lipinski definition) is 1. The molecule has 0 saturated heterocycles. The first-order chi connectivity index (χ1) is 14.3. The molecule has 0 aliphatic heterocycles. The summed E-state index contributed by atoms with van der Waals surface area (Å²) < 4.78 is 26.4. The Labute approximate surface area is 175 Å². The van der Waals surface area contributed by atoms with Gasteiger partial charge >= 0.3 is 0 Å². The van der Waals surface area contributed by atoms with Crippen molar-refractivity contribution in [3.8, 4) is 11.4 Å². The molecule has 0 spiro atoms. The third-order valence-electron chi connectivity index (χ3n) is 4.61. The van der Waals surface area contributed by atoms with Crippen LogP contribution in [0.4, 0.5) is 5.69 Å². The molecule has 0 bridgehead atoms. The Balaban J connectivity index is 1.65. The van der Waals surface area contributed by atoms with E-state index in [0.717, 1.165) is 11.1 Å². The summed E-state index contributed by atoms with van der Waals surface area (Å²) in [4.78, 5) is 13.7. The van der Waals surface area contributed by atoms with Crippen LogP contribution >= 0.6 is 0 Å². The predicted octanol–water partition coefficient (Wildman–Crippen LogP) is 2.32. The quantitative estimate of drug-likeness (QED) is 0.590. The standard InChI is InChI=1S/C20H24N6O3S/c1-4-25(5-2)30(28,29)17-12-10-16(11-13-17)21-19(27)14-26-23-20(22-24-26)18-9-7-6-8-15(18)3/h6-13H,4-5,14H2,1-3H3,(H,21,27). The smallest absolute Gasteiger partial charge is 0.248 e. The molecule has 0 atom stereocenters. The number of aromatic nitrogens is 4. The molecule has 158 valence electrons. The number of benzene rings is 2. The fourth-order valence-electron chi connectivity index (χ4n) is 2.99. The maximum Gasteiger partial charge on any atom is 0.248 e. The van der Waals surface area contributed by atoms with Gasteiger partial charge in [0.05, 0.1) is 4.90 Å². The molecule has 9 nitrogen and oxygen atoms in total. The van der Waals surface area contributed by atoms with Gasteiger partial charge in [0.25, 0.3) is 0 Å². The maximum absolute atomic E-state index is 12.5. The number of nitrogens with one attached hydrogen (secondary N) is 1. The van der Waals surface area contributed by atoms with E-state index in [1.807, 2.05) is 31.2 Å². The Kier molecular flexibility index (Phi) is 6.58.